The van der Waals surface area contributed by atoms with E-state index in [0.717, 1.165) is 0 Å². The second-order valence-electron chi connectivity index (χ2n) is 7.15. The molecule has 0 aromatic carbocycles. The molecule has 3 rings (SSSR count). The standard InChI is InChI=1S/C20H24N4O3/c1-12(2)20(4)19(26)23-17(24-20)16-14(8-7-11-22-16)18(25)27-13(3)15-9-5-6-10-21-15/h5-13,17,24H,1-4H3,(H,23,26). The number of hydrogen-bond donors (Lipinski definition) is 2. The van der Waals surface area contributed by atoms with Crippen molar-refractivity contribution in [2.24, 2.45) is 5.92 Å². The van der Waals surface area contributed by atoms with Crippen LogP contribution in [0.15, 0.2) is 42.7 Å². The van der Waals surface area contributed by atoms with Crippen molar-refractivity contribution in [2.45, 2.75) is 45.5 Å². The van der Waals surface area contributed by atoms with Crippen molar-refractivity contribution in [3.05, 3.63) is 59.7 Å². The van der Waals surface area contributed by atoms with Crippen molar-refractivity contribution >= 4 is 11.9 Å². The fourth-order valence-electron chi connectivity index (χ4n) is 2.97. The van der Waals surface area contributed by atoms with Gasteiger partial charge in [0.1, 0.15) is 12.3 Å². The number of esters is 1. The van der Waals surface area contributed by atoms with Crippen LogP contribution in [-0.4, -0.2) is 27.4 Å². The van der Waals surface area contributed by atoms with Crippen LogP contribution in [0.2, 0.25) is 0 Å². The van der Waals surface area contributed by atoms with Crippen LogP contribution >= 0.6 is 0 Å². The number of nitrogens with one attached hydrogen (secondary N) is 2. The van der Waals surface area contributed by atoms with Crippen molar-refractivity contribution in [1.29, 1.82) is 0 Å². The van der Waals surface area contributed by atoms with Crippen molar-refractivity contribution < 1.29 is 14.3 Å². The van der Waals surface area contributed by atoms with Crippen LogP contribution in [0.3, 0.4) is 0 Å². The van der Waals surface area contributed by atoms with Crippen LogP contribution in [0.5, 0.6) is 0 Å². The molecule has 3 heterocycles. The molecule has 0 saturated carbocycles. The van der Waals surface area contributed by atoms with Crippen LogP contribution in [0.4, 0.5) is 0 Å². The Hall–Kier alpha value is -2.80. The van der Waals surface area contributed by atoms with Gasteiger partial charge in [0.25, 0.3) is 0 Å². The molecule has 1 fully saturated rings. The van der Waals surface area contributed by atoms with Gasteiger partial charge in [0, 0.05) is 12.4 Å². The Morgan fingerprint density at radius 2 is 1.89 bits per heavy atom. The Morgan fingerprint density at radius 3 is 2.52 bits per heavy atom. The molecular formula is C20H24N4O3. The monoisotopic (exact) mass is 368 g/mol. The maximum atomic E-state index is 12.8. The highest BCUT2D eigenvalue weighted by Gasteiger charge is 2.46. The molecule has 3 atom stereocenters. The highest BCUT2D eigenvalue weighted by molar-refractivity contribution is 5.92. The SMILES string of the molecule is CC(OC(=O)c1cccnc1C1NC(=O)C(C)(C(C)C)N1)c1ccccn1. The number of carbonyl (C=O) groups is 2. The molecule has 1 aliphatic heterocycles. The Balaban J connectivity index is 1.82. The summed E-state index contributed by atoms with van der Waals surface area (Å²) in [6, 6.07) is 8.76. The van der Waals surface area contributed by atoms with Gasteiger partial charge in [0.2, 0.25) is 5.91 Å². The molecule has 2 aromatic heterocycles. The van der Waals surface area contributed by atoms with Crippen LogP contribution in [-0.2, 0) is 9.53 Å². The molecule has 0 aliphatic carbocycles. The number of rotatable bonds is 5. The van der Waals surface area contributed by atoms with Gasteiger partial charge in [-0.1, -0.05) is 19.9 Å². The van der Waals surface area contributed by atoms with Gasteiger partial charge in [-0.05, 0) is 44.0 Å². The molecule has 27 heavy (non-hydrogen) atoms. The van der Waals surface area contributed by atoms with E-state index in [9.17, 15) is 9.59 Å². The predicted octanol–water partition coefficient (Wildman–Crippen LogP) is 2.53. The highest BCUT2D eigenvalue weighted by atomic mass is 16.5. The normalized spacial score (nSPS) is 23.1. The molecule has 142 valence electrons. The first-order valence-electron chi connectivity index (χ1n) is 8.98. The quantitative estimate of drug-likeness (QED) is 0.788. The summed E-state index contributed by atoms with van der Waals surface area (Å²) in [5, 5.41) is 6.16. The lowest BCUT2D eigenvalue weighted by Crippen LogP contribution is -2.48. The van der Waals surface area contributed by atoms with Gasteiger partial charge >= 0.3 is 5.97 Å². The van der Waals surface area contributed by atoms with Crippen LogP contribution in [0.1, 0.15) is 61.7 Å². The lowest BCUT2D eigenvalue weighted by molar-refractivity contribution is -0.125. The summed E-state index contributed by atoms with van der Waals surface area (Å²) < 4.78 is 5.57. The summed E-state index contributed by atoms with van der Waals surface area (Å²) in [4.78, 5) is 33.7. The molecule has 0 bridgehead atoms. The zero-order valence-corrected chi connectivity index (χ0v) is 15.9. The number of hydrogen-bond acceptors (Lipinski definition) is 6. The molecule has 3 unspecified atom stereocenters. The average Bonchev–Trinajstić information content (AvgIpc) is 2.98. The number of nitrogens with zero attached hydrogens (tertiary/aromatic N) is 2. The maximum absolute atomic E-state index is 12.8. The van der Waals surface area contributed by atoms with Crippen LogP contribution in [0.25, 0.3) is 0 Å². The number of amides is 1. The zero-order chi connectivity index (χ0) is 19.6. The minimum Gasteiger partial charge on any atom is -0.453 e. The number of carbonyl (C=O) groups excluding carboxylic acids is 2. The summed E-state index contributed by atoms with van der Waals surface area (Å²) in [5.74, 6) is -0.550. The Labute approximate surface area is 158 Å². The first-order chi connectivity index (χ1) is 12.8. The van der Waals surface area contributed by atoms with E-state index < -0.39 is 23.8 Å². The first-order valence-corrected chi connectivity index (χ1v) is 8.98. The van der Waals surface area contributed by atoms with Gasteiger partial charge in [0.15, 0.2) is 0 Å². The largest absolute Gasteiger partial charge is 0.453 e. The molecule has 0 spiro atoms. The third-order valence-corrected chi connectivity index (χ3v) is 5.07. The molecule has 2 aromatic rings. The highest BCUT2D eigenvalue weighted by Crippen LogP contribution is 2.29. The van der Waals surface area contributed by atoms with E-state index >= 15 is 0 Å². The van der Waals surface area contributed by atoms with Gasteiger partial charge in [-0.3, -0.25) is 20.1 Å². The molecule has 7 nitrogen and oxygen atoms in total. The number of aromatic nitrogens is 2. The minimum atomic E-state index is -0.732. The topological polar surface area (TPSA) is 93.2 Å². The van der Waals surface area contributed by atoms with Gasteiger partial charge in [-0.15, -0.1) is 0 Å². The number of pyridine rings is 2. The predicted molar refractivity (Wildman–Crippen MR) is 99.6 cm³/mol. The lowest BCUT2D eigenvalue weighted by atomic mass is 9.89. The van der Waals surface area contributed by atoms with Crippen molar-refractivity contribution in [3.63, 3.8) is 0 Å². The van der Waals surface area contributed by atoms with E-state index in [-0.39, 0.29) is 11.8 Å². The van der Waals surface area contributed by atoms with Crippen molar-refractivity contribution in [1.82, 2.24) is 20.6 Å². The fourth-order valence-corrected chi connectivity index (χ4v) is 2.97. The molecule has 1 amide bonds. The van der Waals surface area contributed by atoms with Gasteiger partial charge in [-0.25, -0.2) is 4.79 Å². The first kappa shape index (κ1) is 19.0. The average molecular weight is 368 g/mol. The Bertz CT molecular complexity index is 840. The molecule has 0 radical (unpaired) electrons. The second kappa shape index (κ2) is 7.44. The smallest absolute Gasteiger partial charge is 0.340 e. The van der Waals surface area contributed by atoms with E-state index in [1.807, 2.05) is 26.8 Å². The van der Waals surface area contributed by atoms with E-state index in [1.54, 1.807) is 43.6 Å². The van der Waals surface area contributed by atoms with E-state index in [0.29, 0.717) is 17.0 Å². The van der Waals surface area contributed by atoms with Crippen LogP contribution < -0.4 is 10.6 Å². The number of ether oxygens (including phenoxy) is 1. The minimum absolute atomic E-state index is 0.0748. The Kier molecular flexibility index (Phi) is 5.23. The zero-order valence-electron chi connectivity index (χ0n) is 15.9. The van der Waals surface area contributed by atoms with Crippen LogP contribution in [0, 0.1) is 5.92 Å². The van der Waals surface area contributed by atoms with Gasteiger partial charge in [-0.2, -0.15) is 0 Å². The van der Waals surface area contributed by atoms with Crippen molar-refractivity contribution in [2.75, 3.05) is 0 Å². The Morgan fingerprint density at radius 1 is 1.15 bits per heavy atom. The molecule has 1 aliphatic rings. The van der Waals surface area contributed by atoms with E-state index in [4.69, 9.17) is 4.74 Å². The van der Waals surface area contributed by atoms with E-state index in [1.165, 1.54) is 0 Å². The van der Waals surface area contributed by atoms with E-state index in [2.05, 4.69) is 20.6 Å². The third-order valence-electron chi connectivity index (χ3n) is 5.07. The molecule has 7 heteroatoms. The fraction of sp³-hybridized carbons (Fsp3) is 0.400. The molecule has 2 N–H and O–H groups in total. The van der Waals surface area contributed by atoms with Gasteiger partial charge < -0.3 is 10.1 Å². The summed E-state index contributed by atoms with van der Waals surface area (Å²) in [6.07, 6.45) is 2.19. The summed E-state index contributed by atoms with van der Waals surface area (Å²) in [5.41, 5.74) is 0.681. The van der Waals surface area contributed by atoms with Gasteiger partial charge in [0.05, 0.1) is 22.5 Å². The molecular weight excluding hydrogens is 344 g/mol. The van der Waals surface area contributed by atoms with Crippen molar-refractivity contribution in [3.8, 4) is 0 Å². The summed E-state index contributed by atoms with van der Waals surface area (Å²) in [6.45, 7) is 7.55. The maximum Gasteiger partial charge on any atom is 0.340 e. The third kappa shape index (κ3) is 3.68. The lowest BCUT2D eigenvalue weighted by Gasteiger charge is -2.26. The molecule has 1 saturated heterocycles. The summed E-state index contributed by atoms with van der Waals surface area (Å²) >= 11 is 0. The summed E-state index contributed by atoms with van der Waals surface area (Å²) in [7, 11) is 0. The second-order valence-corrected chi connectivity index (χ2v) is 7.15.